The topological polar surface area (TPSA) is 23.5 Å². The molecule has 0 spiro atoms. The number of nitrogens with zero attached hydrogens (tertiary/aromatic N) is 1. The van der Waals surface area contributed by atoms with Crippen LogP contribution in [0, 0.1) is 6.92 Å². The lowest BCUT2D eigenvalue weighted by Gasteiger charge is -2.21. The summed E-state index contributed by atoms with van der Waals surface area (Å²) in [5.41, 5.74) is 0. The molecule has 1 aromatic rings. The van der Waals surface area contributed by atoms with Crippen molar-refractivity contribution in [3.63, 3.8) is 0 Å². The molecule has 0 amide bonds. The summed E-state index contributed by atoms with van der Waals surface area (Å²) in [4.78, 5) is 5.19. The molecule has 0 radical (unpaired) electrons. The van der Waals surface area contributed by atoms with Crippen molar-refractivity contribution in [1.82, 2.24) is 4.90 Å². The van der Waals surface area contributed by atoms with Gasteiger partial charge in [-0.05, 0) is 38.4 Å². The van der Waals surface area contributed by atoms with Crippen LogP contribution in [-0.2, 0) is 6.54 Å². The van der Waals surface area contributed by atoms with Crippen LogP contribution in [-0.4, -0.2) is 29.2 Å². The molecule has 1 aliphatic rings. The second-order valence-corrected chi connectivity index (χ2v) is 5.33. The maximum Gasteiger partial charge on any atom is 0.0587 e. The first kappa shape index (κ1) is 10.1. The number of likely N-dealkylation sites (tertiary alicyclic amines) is 1. The summed E-state index contributed by atoms with van der Waals surface area (Å²) in [6, 6.07) is 4.77. The zero-order chi connectivity index (χ0) is 9.97. The summed E-state index contributed by atoms with van der Waals surface area (Å²) in [5.74, 6) is 0. The first-order valence-electron chi connectivity index (χ1n) is 5.20. The highest BCUT2D eigenvalue weighted by Crippen LogP contribution is 2.23. The lowest BCUT2D eigenvalue weighted by molar-refractivity contribution is 0.154. The van der Waals surface area contributed by atoms with E-state index in [9.17, 15) is 5.11 Å². The Morgan fingerprint density at radius 3 is 3.07 bits per heavy atom. The molecule has 0 unspecified atom stereocenters. The molecule has 2 nitrogen and oxygen atoms in total. The number of aliphatic hydroxyl groups is 1. The molecule has 14 heavy (non-hydrogen) atoms. The van der Waals surface area contributed by atoms with Gasteiger partial charge in [-0.3, -0.25) is 4.90 Å². The van der Waals surface area contributed by atoms with Crippen LogP contribution in [0.3, 0.4) is 0 Å². The molecule has 1 fully saturated rings. The Labute approximate surface area is 89.2 Å². The van der Waals surface area contributed by atoms with Gasteiger partial charge in [-0.1, -0.05) is 0 Å². The molecular weight excluding hydrogens is 194 g/mol. The molecule has 0 bridgehead atoms. The van der Waals surface area contributed by atoms with Gasteiger partial charge in [-0.25, -0.2) is 0 Å². The molecule has 1 aromatic heterocycles. The van der Waals surface area contributed by atoms with E-state index < -0.39 is 0 Å². The highest BCUT2D eigenvalue weighted by atomic mass is 32.1. The van der Waals surface area contributed by atoms with E-state index >= 15 is 0 Å². The summed E-state index contributed by atoms with van der Waals surface area (Å²) in [6.45, 7) is 4.61. The number of rotatable bonds is 3. The van der Waals surface area contributed by atoms with Crippen molar-refractivity contribution in [2.24, 2.45) is 0 Å². The molecular formula is C11H17NOS. The van der Waals surface area contributed by atoms with E-state index in [-0.39, 0.29) is 0 Å². The van der Waals surface area contributed by atoms with Crippen molar-refractivity contribution >= 4 is 11.3 Å². The quantitative estimate of drug-likeness (QED) is 0.826. The number of hydrogen-bond donors (Lipinski definition) is 1. The zero-order valence-electron chi connectivity index (χ0n) is 8.57. The van der Waals surface area contributed by atoms with Gasteiger partial charge in [0, 0.05) is 22.3 Å². The second-order valence-electron chi connectivity index (χ2n) is 3.96. The van der Waals surface area contributed by atoms with Gasteiger partial charge >= 0.3 is 0 Å². The van der Waals surface area contributed by atoms with Crippen LogP contribution in [0.4, 0.5) is 0 Å². The van der Waals surface area contributed by atoms with E-state index in [2.05, 4.69) is 24.0 Å². The Morgan fingerprint density at radius 2 is 2.43 bits per heavy atom. The molecule has 0 aromatic carbocycles. The van der Waals surface area contributed by atoms with Crippen LogP contribution in [0.25, 0.3) is 0 Å². The molecule has 1 N–H and O–H groups in total. The fraction of sp³-hybridized carbons (Fsp3) is 0.636. The van der Waals surface area contributed by atoms with Gasteiger partial charge in [0.25, 0.3) is 0 Å². The molecule has 1 saturated heterocycles. The third-order valence-corrected chi connectivity index (χ3v) is 3.85. The molecule has 3 heteroatoms. The molecule has 78 valence electrons. The molecule has 1 atom stereocenters. The lowest BCUT2D eigenvalue weighted by Crippen LogP contribution is -2.31. The van der Waals surface area contributed by atoms with Crippen LogP contribution in [0.15, 0.2) is 12.1 Å². The predicted molar refractivity (Wildman–Crippen MR) is 59.6 cm³/mol. The van der Waals surface area contributed by atoms with Gasteiger partial charge in [0.1, 0.15) is 0 Å². The first-order valence-corrected chi connectivity index (χ1v) is 6.01. The molecule has 2 heterocycles. The number of aryl methyl sites for hydroxylation is 1. The fourth-order valence-corrected chi connectivity index (χ4v) is 3.00. The maximum atomic E-state index is 9.18. The van der Waals surface area contributed by atoms with Crippen LogP contribution >= 0.6 is 11.3 Å². The monoisotopic (exact) mass is 211 g/mol. The molecule has 0 saturated carbocycles. The Hall–Kier alpha value is -0.380. The fourth-order valence-electron chi connectivity index (χ4n) is 2.08. The van der Waals surface area contributed by atoms with Gasteiger partial charge in [-0.15, -0.1) is 11.3 Å². The summed E-state index contributed by atoms with van der Waals surface area (Å²) in [6.07, 6.45) is 2.39. The summed E-state index contributed by atoms with van der Waals surface area (Å²) >= 11 is 1.86. The Balaban J connectivity index is 1.96. The third-order valence-electron chi connectivity index (χ3n) is 2.86. The van der Waals surface area contributed by atoms with Gasteiger partial charge < -0.3 is 5.11 Å². The Bertz CT molecular complexity index is 297. The third kappa shape index (κ3) is 2.16. The van der Waals surface area contributed by atoms with E-state index in [1.165, 1.54) is 16.2 Å². The van der Waals surface area contributed by atoms with E-state index in [0.717, 1.165) is 19.5 Å². The standard InChI is InChI=1S/C11H17NOS/c1-9-4-5-11(14-9)7-12-6-2-3-10(12)8-13/h4-5,10,13H,2-3,6-8H2,1H3/t10-/m1/s1. The normalized spacial score (nSPS) is 23.1. The first-order chi connectivity index (χ1) is 6.79. The van der Waals surface area contributed by atoms with E-state index in [0.29, 0.717) is 12.6 Å². The van der Waals surface area contributed by atoms with Crippen molar-refractivity contribution in [3.05, 3.63) is 21.9 Å². The minimum Gasteiger partial charge on any atom is -0.395 e. The SMILES string of the molecule is Cc1ccc(CN2CCC[C@@H]2CO)s1. The van der Waals surface area contributed by atoms with Crippen molar-refractivity contribution in [1.29, 1.82) is 0 Å². The molecule has 2 rings (SSSR count). The number of aliphatic hydroxyl groups excluding tert-OH is 1. The minimum atomic E-state index is 0.310. The van der Waals surface area contributed by atoms with Crippen molar-refractivity contribution in [2.45, 2.75) is 32.4 Å². The maximum absolute atomic E-state index is 9.18. The highest BCUT2D eigenvalue weighted by Gasteiger charge is 2.23. The van der Waals surface area contributed by atoms with Crippen molar-refractivity contribution in [3.8, 4) is 0 Å². The zero-order valence-corrected chi connectivity index (χ0v) is 9.39. The second kappa shape index (κ2) is 4.43. The van der Waals surface area contributed by atoms with Crippen LogP contribution in [0.5, 0.6) is 0 Å². The van der Waals surface area contributed by atoms with E-state index in [1.54, 1.807) is 0 Å². The van der Waals surface area contributed by atoms with Gasteiger partial charge in [0.2, 0.25) is 0 Å². The summed E-state index contributed by atoms with van der Waals surface area (Å²) in [7, 11) is 0. The number of thiophene rings is 1. The highest BCUT2D eigenvalue weighted by molar-refractivity contribution is 7.11. The van der Waals surface area contributed by atoms with Crippen molar-refractivity contribution in [2.75, 3.05) is 13.2 Å². The minimum absolute atomic E-state index is 0.310. The molecule has 1 aliphatic heterocycles. The Morgan fingerprint density at radius 1 is 1.57 bits per heavy atom. The number of hydrogen-bond acceptors (Lipinski definition) is 3. The summed E-state index contributed by atoms with van der Waals surface area (Å²) < 4.78 is 0. The van der Waals surface area contributed by atoms with E-state index in [4.69, 9.17) is 0 Å². The van der Waals surface area contributed by atoms with Gasteiger partial charge in [0.15, 0.2) is 0 Å². The Kier molecular flexibility index (Phi) is 3.21. The van der Waals surface area contributed by atoms with Crippen LogP contribution < -0.4 is 0 Å². The van der Waals surface area contributed by atoms with Gasteiger partial charge in [0.05, 0.1) is 6.61 Å². The largest absolute Gasteiger partial charge is 0.395 e. The van der Waals surface area contributed by atoms with Gasteiger partial charge in [-0.2, -0.15) is 0 Å². The summed E-state index contributed by atoms with van der Waals surface area (Å²) in [5, 5.41) is 9.18. The predicted octanol–water partition coefficient (Wildman–Crippen LogP) is 2.01. The smallest absolute Gasteiger partial charge is 0.0587 e. The van der Waals surface area contributed by atoms with Crippen LogP contribution in [0.2, 0.25) is 0 Å². The van der Waals surface area contributed by atoms with Crippen LogP contribution in [0.1, 0.15) is 22.6 Å². The average Bonchev–Trinajstić information content (AvgIpc) is 2.76. The van der Waals surface area contributed by atoms with Crippen molar-refractivity contribution < 1.29 is 5.11 Å². The average molecular weight is 211 g/mol. The van der Waals surface area contributed by atoms with E-state index in [1.807, 2.05) is 11.3 Å². The molecule has 0 aliphatic carbocycles. The lowest BCUT2D eigenvalue weighted by atomic mass is 10.2.